The van der Waals surface area contributed by atoms with E-state index in [4.69, 9.17) is 5.11 Å². The van der Waals surface area contributed by atoms with E-state index in [1.54, 1.807) is 10.8 Å². The van der Waals surface area contributed by atoms with Crippen molar-refractivity contribution in [1.82, 2.24) is 15.0 Å². The van der Waals surface area contributed by atoms with Gasteiger partial charge in [0, 0.05) is 12.5 Å². The van der Waals surface area contributed by atoms with E-state index >= 15 is 0 Å². The molecule has 0 bridgehead atoms. The van der Waals surface area contributed by atoms with Gasteiger partial charge in [-0.2, -0.15) is 0 Å². The fourth-order valence-corrected chi connectivity index (χ4v) is 2.45. The first kappa shape index (κ1) is 11.8. The molecule has 0 aromatic carbocycles. The van der Waals surface area contributed by atoms with Crippen LogP contribution >= 0.6 is 0 Å². The zero-order valence-corrected chi connectivity index (χ0v) is 9.80. The molecular weight excluding hydrogens is 218 g/mol. The lowest BCUT2D eigenvalue weighted by Gasteiger charge is -2.11. The zero-order valence-electron chi connectivity index (χ0n) is 9.80. The largest absolute Gasteiger partial charge is 0.476 e. The first-order valence-corrected chi connectivity index (χ1v) is 6.01. The summed E-state index contributed by atoms with van der Waals surface area (Å²) in [5.74, 6) is -0.669. The van der Waals surface area contributed by atoms with Crippen molar-refractivity contribution >= 4 is 5.97 Å². The average molecular weight is 235 g/mol. The van der Waals surface area contributed by atoms with Crippen molar-refractivity contribution in [3.05, 3.63) is 24.0 Å². The smallest absolute Gasteiger partial charge is 0.358 e. The number of carboxylic acid groups (broad SMARTS) is 1. The van der Waals surface area contributed by atoms with Crippen LogP contribution in [0.1, 0.15) is 54.2 Å². The van der Waals surface area contributed by atoms with Crippen molar-refractivity contribution in [3.8, 4) is 0 Å². The summed E-state index contributed by atoms with van der Waals surface area (Å²) in [6.07, 6.45) is 7.00. The molecule has 0 radical (unpaired) electrons. The van der Waals surface area contributed by atoms with Crippen LogP contribution in [0.4, 0.5) is 0 Å². The number of rotatable bonds is 5. The van der Waals surface area contributed by atoms with Gasteiger partial charge in [-0.15, -0.1) is 11.7 Å². The van der Waals surface area contributed by atoms with Crippen molar-refractivity contribution in [3.63, 3.8) is 0 Å². The monoisotopic (exact) mass is 235 g/mol. The summed E-state index contributed by atoms with van der Waals surface area (Å²) in [5, 5.41) is 16.9. The van der Waals surface area contributed by atoms with Crippen LogP contribution in [-0.2, 0) is 6.54 Å². The van der Waals surface area contributed by atoms with Crippen molar-refractivity contribution < 1.29 is 9.90 Å². The molecule has 92 valence electrons. The summed E-state index contributed by atoms with van der Waals surface area (Å²) in [7, 11) is 0. The molecule has 17 heavy (non-hydrogen) atoms. The van der Waals surface area contributed by atoms with E-state index in [0.29, 0.717) is 12.5 Å². The quantitative estimate of drug-likeness (QED) is 0.794. The number of hydrogen-bond acceptors (Lipinski definition) is 3. The van der Waals surface area contributed by atoms with Gasteiger partial charge in [-0.3, -0.25) is 0 Å². The first-order chi connectivity index (χ1) is 8.24. The van der Waals surface area contributed by atoms with Crippen LogP contribution in [0.2, 0.25) is 0 Å². The summed E-state index contributed by atoms with van der Waals surface area (Å²) in [5.41, 5.74) is 0.929. The Bertz CT molecular complexity index is 419. The van der Waals surface area contributed by atoms with Gasteiger partial charge in [0.15, 0.2) is 5.69 Å². The third-order valence-corrected chi connectivity index (χ3v) is 3.26. The highest BCUT2D eigenvalue weighted by Gasteiger charge is 2.28. The lowest BCUT2D eigenvalue weighted by atomic mass is 10.0. The van der Waals surface area contributed by atoms with Gasteiger partial charge in [-0.05, 0) is 19.3 Å². The summed E-state index contributed by atoms with van der Waals surface area (Å²) < 4.78 is 1.74. The number of aromatic carboxylic acids is 1. The molecule has 2 rings (SSSR count). The molecule has 1 aromatic heterocycles. The molecule has 0 atom stereocenters. The minimum absolute atomic E-state index is 0.126. The Kier molecular flexibility index (Phi) is 3.56. The molecule has 1 heterocycles. The Balaban J connectivity index is 2.31. The van der Waals surface area contributed by atoms with E-state index in [0.717, 1.165) is 37.8 Å². The van der Waals surface area contributed by atoms with Gasteiger partial charge < -0.3 is 5.11 Å². The number of nitrogens with zero attached hydrogens (tertiary/aromatic N) is 3. The predicted octanol–water partition coefficient (Wildman–Crippen LogP) is 2.21. The Labute approximate surface area is 100 Å². The van der Waals surface area contributed by atoms with E-state index < -0.39 is 5.97 Å². The number of aromatic nitrogens is 3. The predicted molar refractivity (Wildman–Crippen MR) is 63.0 cm³/mol. The Morgan fingerprint density at radius 3 is 2.82 bits per heavy atom. The molecule has 0 unspecified atom stereocenters. The summed E-state index contributed by atoms with van der Waals surface area (Å²) in [4.78, 5) is 11.1. The molecule has 1 aliphatic rings. The van der Waals surface area contributed by atoms with Gasteiger partial charge in [0.1, 0.15) is 0 Å². The van der Waals surface area contributed by atoms with Gasteiger partial charge in [0.2, 0.25) is 0 Å². The number of aryl methyl sites for hydroxylation is 1. The molecule has 0 aliphatic heterocycles. The van der Waals surface area contributed by atoms with E-state index in [9.17, 15) is 4.79 Å². The average Bonchev–Trinajstić information content (AvgIpc) is 2.94. The van der Waals surface area contributed by atoms with Crippen LogP contribution in [0, 0.1) is 0 Å². The number of allylic oxidation sites excluding steroid dienone is 1. The van der Waals surface area contributed by atoms with Gasteiger partial charge in [-0.1, -0.05) is 24.1 Å². The highest BCUT2D eigenvalue weighted by molar-refractivity contribution is 5.86. The normalized spacial score (nSPS) is 16.2. The summed E-state index contributed by atoms with van der Waals surface area (Å²) in [6, 6.07) is 0. The highest BCUT2D eigenvalue weighted by atomic mass is 16.4. The Hall–Kier alpha value is -1.65. The summed E-state index contributed by atoms with van der Waals surface area (Å²) in [6.45, 7) is 4.33. The van der Waals surface area contributed by atoms with Crippen molar-refractivity contribution in [1.29, 1.82) is 0 Å². The third kappa shape index (κ3) is 2.38. The molecular formula is C12H17N3O2. The number of carbonyl (C=O) groups is 1. The molecule has 1 saturated carbocycles. The maximum absolute atomic E-state index is 11.1. The van der Waals surface area contributed by atoms with Crippen LogP contribution in [0.5, 0.6) is 0 Å². The van der Waals surface area contributed by atoms with E-state index in [1.165, 1.54) is 0 Å². The van der Waals surface area contributed by atoms with Crippen molar-refractivity contribution in [2.24, 2.45) is 0 Å². The minimum Gasteiger partial charge on any atom is -0.476 e. The molecule has 1 fully saturated rings. The lowest BCUT2D eigenvalue weighted by Crippen LogP contribution is -2.11. The van der Waals surface area contributed by atoms with Gasteiger partial charge in [0.05, 0.1) is 5.69 Å². The molecule has 0 spiro atoms. The zero-order chi connectivity index (χ0) is 12.3. The van der Waals surface area contributed by atoms with E-state index in [-0.39, 0.29) is 5.69 Å². The second kappa shape index (κ2) is 5.12. The standard InChI is InChI=1S/C12H17N3O2/c1-2-3-8-15-11(9-6-4-5-7-9)10(12(16)17)13-14-15/h2,9H,1,3-8H2,(H,16,17). The molecule has 5 heteroatoms. The topological polar surface area (TPSA) is 68.0 Å². The Morgan fingerprint density at radius 2 is 2.24 bits per heavy atom. The SMILES string of the molecule is C=CCCn1nnc(C(=O)O)c1C1CCCC1. The van der Waals surface area contributed by atoms with E-state index in [2.05, 4.69) is 16.9 Å². The molecule has 5 nitrogen and oxygen atoms in total. The van der Waals surface area contributed by atoms with Crippen molar-refractivity contribution in [2.45, 2.75) is 44.6 Å². The second-order valence-electron chi connectivity index (χ2n) is 4.41. The maximum atomic E-state index is 11.1. The van der Waals surface area contributed by atoms with Gasteiger partial charge >= 0.3 is 5.97 Å². The molecule has 1 aliphatic carbocycles. The van der Waals surface area contributed by atoms with Gasteiger partial charge in [0.25, 0.3) is 0 Å². The fraction of sp³-hybridized carbons (Fsp3) is 0.583. The molecule has 1 N–H and O–H groups in total. The summed E-state index contributed by atoms with van der Waals surface area (Å²) >= 11 is 0. The van der Waals surface area contributed by atoms with Crippen LogP contribution in [-0.4, -0.2) is 26.1 Å². The van der Waals surface area contributed by atoms with E-state index in [1.807, 2.05) is 0 Å². The fourth-order valence-electron chi connectivity index (χ4n) is 2.45. The van der Waals surface area contributed by atoms with Crippen LogP contribution in [0.3, 0.4) is 0 Å². The minimum atomic E-state index is -0.975. The highest BCUT2D eigenvalue weighted by Crippen LogP contribution is 2.35. The first-order valence-electron chi connectivity index (χ1n) is 6.01. The third-order valence-electron chi connectivity index (χ3n) is 3.26. The van der Waals surface area contributed by atoms with Crippen LogP contribution in [0.25, 0.3) is 0 Å². The lowest BCUT2D eigenvalue weighted by molar-refractivity contribution is 0.0688. The molecule has 1 aromatic rings. The number of hydrogen-bond donors (Lipinski definition) is 1. The second-order valence-corrected chi connectivity index (χ2v) is 4.41. The van der Waals surface area contributed by atoms with Crippen LogP contribution < -0.4 is 0 Å². The van der Waals surface area contributed by atoms with Crippen LogP contribution in [0.15, 0.2) is 12.7 Å². The van der Waals surface area contributed by atoms with Crippen molar-refractivity contribution in [2.75, 3.05) is 0 Å². The maximum Gasteiger partial charge on any atom is 0.358 e. The Morgan fingerprint density at radius 1 is 1.53 bits per heavy atom. The number of carboxylic acids is 1. The molecule has 0 amide bonds. The van der Waals surface area contributed by atoms with Gasteiger partial charge in [-0.25, -0.2) is 9.48 Å². The molecule has 0 saturated heterocycles.